The van der Waals surface area contributed by atoms with Crippen LogP contribution in [0.15, 0.2) is 47.4 Å². The molecule has 6 nitrogen and oxygen atoms in total. The van der Waals surface area contributed by atoms with Crippen LogP contribution < -0.4 is 10.5 Å². The van der Waals surface area contributed by atoms with Crippen molar-refractivity contribution in [3.05, 3.63) is 42.5 Å². The number of sulfonamides is 1. The van der Waals surface area contributed by atoms with Crippen molar-refractivity contribution in [3.63, 3.8) is 0 Å². The number of primary amides is 1. The monoisotopic (exact) mass is 347 g/mol. The molecule has 1 amide bonds. The standard InChI is InChI=1S/C17H21N3O3S/c18-17(21)12-20-9-7-15(8-10-20)19-24(22,23)16-6-5-13-3-1-2-4-14(13)11-16/h1-6,11,15,19H,7-10,12H2,(H2,18,21). The number of hydrogen-bond acceptors (Lipinski definition) is 4. The van der Waals surface area contributed by atoms with E-state index in [1.165, 1.54) is 0 Å². The first-order valence-corrected chi connectivity index (χ1v) is 9.44. The van der Waals surface area contributed by atoms with E-state index in [1.807, 2.05) is 35.2 Å². The summed E-state index contributed by atoms with van der Waals surface area (Å²) >= 11 is 0. The predicted molar refractivity (Wildman–Crippen MR) is 92.9 cm³/mol. The van der Waals surface area contributed by atoms with E-state index >= 15 is 0 Å². The summed E-state index contributed by atoms with van der Waals surface area (Å²) in [6, 6.07) is 12.7. The molecule has 24 heavy (non-hydrogen) atoms. The second kappa shape index (κ2) is 6.88. The topological polar surface area (TPSA) is 92.5 Å². The maximum atomic E-state index is 12.6. The quantitative estimate of drug-likeness (QED) is 0.846. The average molecular weight is 347 g/mol. The molecule has 2 aromatic rings. The number of fused-ring (bicyclic) bond motifs is 1. The van der Waals surface area contributed by atoms with Gasteiger partial charge < -0.3 is 5.73 Å². The van der Waals surface area contributed by atoms with Crippen molar-refractivity contribution in [2.75, 3.05) is 19.6 Å². The van der Waals surface area contributed by atoms with E-state index in [-0.39, 0.29) is 23.4 Å². The zero-order valence-corrected chi connectivity index (χ0v) is 14.1. The van der Waals surface area contributed by atoms with Gasteiger partial charge in [-0.1, -0.05) is 30.3 Å². The van der Waals surface area contributed by atoms with Crippen molar-refractivity contribution < 1.29 is 13.2 Å². The molecule has 1 aliphatic rings. The number of nitrogens with two attached hydrogens (primary N) is 1. The summed E-state index contributed by atoms with van der Waals surface area (Å²) in [5.41, 5.74) is 5.19. The lowest BCUT2D eigenvalue weighted by atomic mass is 10.1. The van der Waals surface area contributed by atoms with E-state index in [0.717, 1.165) is 10.8 Å². The summed E-state index contributed by atoms with van der Waals surface area (Å²) in [4.78, 5) is 13.2. The number of likely N-dealkylation sites (tertiary alicyclic amines) is 1. The zero-order valence-electron chi connectivity index (χ0n) is 13.3. The molecule has 0 unspecified atom stereocenters. The number of nitrogens with one attached hydrogen (secondary N) is 1. The fourth-order valence-electron chi connectivity index (χ4n) is 3.05. The number of piperidine rings is 1. The number of nitrogens with zero attached hydrogens (tertiary/aromatic N) is 1. The molecule has 0 saturated carbocycles. The lowest BCUT2D eigenvalue weighted by molar-refractivity contribution is -0.119. The molecule has 1 saturated heterocycles. The lowest BCUT2D eigenvalue weighted by Crippen LogP contribution is -2.46. The number of rotatable bonds is 5. The van der Waals surface area contributed by atoms with E-state index in [4.69, 9.17) is 5.73 Å². The van der Waals surface area contributed by atoms with Crippen LogP contribution in [-0.4, -0.2) is 44.9 Å². The fraction of sp³-hybridized carbons (Fsp3) is 0.353. The molecule has 0 atom stereocenters. The van der Waals surface area contributed by atoms with E-state index in [1.54, 1.807) is 12.1 Å². The van der Waals surface area contributed by atoms with Crippen LogP contribution in [0.5, 0.6) is 0 Å². The third kappa shape index (κ3) is 3.92. The van der Waals surface area contributed by atoms with E-state index in [9.17, 15) is 13.2 Å². The van der Waals surface area contributed by atoms with E-state index < -0.39 is 10.0 Å². The van der Waals surface area contributed by atoms with Crippen LogP contribution in [0, 0.1) is 0 Å². The normalized spacial score (nSPS) is 17.2. The first kappa shape index (κ1) is 16.9. The molecule has 0 aromatic heterocycles. The molecule has 0 aliphatic carbocycles. The SMILES string of the molecule is NC(=O)CN1CCC(NS(=O)(=O)c2ccc3ccccc3c2)CC1. The largest absolute Gasteiger partial charge is 0.369 e. The molecule has 2 aromatic carbocycles. The summed E-state index contributed by atoms with van der Waals surface area (Å²) in [5.74, 6) is -0.356. The Bertz CT molecular complexity index is 843. The summed E-state index contributed by atoms with van der Waals surface area (Å²) in [6.07, 6.45) is 1.33. The Kier molecular flexibility index (Phi) is 4.84. The third-order valence-electron chi connectivity index (χ3n) is 4.32. The molecule has 3 N–H and O–H groups in total. The Morgan fingerprint density at radius 1 is 1.12 bits per heavy atom. The molecule has 128 valence electrons. The molecule has 0 spiro atoms. The molecule has 1 aliphatic heterocycles. The number of carbonyl (C=O) groups is 1. The van der Waals surface area contributed by atoms with Crippen LogP contribution in [0.4, 0.5) is 0 Å². The highest BCUT2D eigenvalue weighted by atomic mass is 32.2. The van der Waals surface area contributed by atoms with Crippen LogP contribution in [0.25, 0.3) is 10.8 Å². The van der Waals surface area contributed by atoms with Gasteiger partial charge in [-0.3, -0.25) is 9.69 Å². The maximum absolute atomic E-state index is 12.6. The van der Waals surface area contributed by atoms with Crippen LogP contribution in [0.3, 0.4) is 0 Å². The van der Waals surface area contributed by atoms with Gasteiger partial charge in [0.2, 0.25) is 15.9 Å². The van der Waals surface area contributed by atoms with Crippen molar-refractivity contribution in [3.8, 4) is 0 Å². The molecule has 1 fully saturated rings. The fourth-order valence-corrected chi connectivity index (χ4v) is 4.39. The van der Waals surface area contributed by atoms with Crippen LogP contribution in [-0.2, 0) is 14.8 Å². The first-order valence-electron chi connectivity index (χ1n) is 7.96. The highest BCUT2D eigenvalue weighted by Crippen LogP contribution is 2.20. The molecular weight excluding hydrogens is 326 g/mol. The van der Waals surface area contributed by atoms with Gasteiger partial charge in [0.1, 0.15) is 0 Å². The summed E-state index contributed by atoms with van der Waals surface area (Å²) in [7, 11) is -3.55. The van der Waals surface area contributed by atoms with Gasteiger partial charge in [-0.2, -0.15) is 0 Å². The van der Waals surface area contributed by atoms with Gasteiger partial charge in [-0.05, 0) is 35.7 Å². The highest BCUT2D eigenvalue weighted by Gasteiger charge is 2.25. The molecular formula is C17H21N3O3S. The van der Waals surface area contributed by atoms with Crippen molar-refractivity contribution in [1.82, 2.24) is 9.62 Å². The van der Waals surface area contributed by atoms with Gasteiger partial charge in [-0.15, -0.1) is 0 Å². The predicted octanol–water partition coefficient (Wildman–Crippen LogP) is 1.07. The Balaban J connectivity index is 1.68. The second-order valence-electron chi connectivity index (χ2n) is 6.15. The van der Waals surface area contributed by atoms with Gasteiger partial charge in [-0.25, -0.2) is 13.1 Å². The van der Waals surface area contributed by atoms with Gasteiger partial charge >= 0.3 is 0 Å². The molecule has 0 bridgehead atoms. The number of benzene rings is 2. The smallest absolute Gasteiger partial charge is 0.240 e. The van der Waals surface area contributed by atoms with Crippen molar-refractivity contribution in [2.45, 2.75) is 23.8 Å². The first-order chi connectivity index (χ1) is 11.4. The Labute approximate surface area is 141 Å². The average Bonchev–Trinajstić information content (AvgIpc) is 2.55. The minimum absolute atomic E-state index is 0.120. The minimum atomic E-state index is -3.55. The van der Waals surface area contributed by atoms with E-state index in [2.05, 4.69) is 4.72 Å². The van der Waals surface area contributed by atoms with Gasteiger partial charge in [0.15, 0.2) is 0 Å². The Morgan fingerprint density at radius 2 is 1.79 bits per heavy atom. The maximum Gasteiger partial charge on any atom is 0.240 e. The molecule has 3 rings (SSSR count). The zero-order chi connectivity index (χ0) is 17.2. The van der Waals surface area contributed by atoms with Gasteiger partial charge in [0.05, 0.1) is 11.4 Å². The highest BCUT2D eigenvalue weighted by molar-refractivity contribution is 7.89. The third-order valence-corrected chi connectivity index (χ3v) is 5.84. The van der Waals surface area contributed by atoms with Gasteiger partial charge in [0.25, 0.3) is 0 Å². The van der Waals surface area contributed by atoms with Crippen LogP contribution >= 0.6 is 0 Å². The van der Waals surface area contributed by atoms with Crippen molar-refractivity contribution >= 4 is 26.7 Å². The number of amides is 1. The van der Waals surface area contributed by atoms with Crippen molar-refractivity contribution in [1.29, 1.82) is 0 Å². The van der Waals surface area contributed by atoms with Crippen LogP contribution in [0.1, 0.15) is 12.8 Å². The number of carbonyl (C=O) groups excluding carboxylic acids is 1. The van der Waals surface area contributed by atoms with Crippen LogP contribution in [0.2, 0.25) is 0 Å². The number of hydrogen-bond donors (Lipinski definition) is 2. The molecule has 7 heteroatoms. The molecule has 0 radical (unpaired) electrons. The van der Waals surface area contributed by atoms with Crippen molar-refractivity contribution in [2.24, 2.45) is 5.73 Å². The Hall–Kier alpha value is -1.96. The van der Waals surface area contributed by atoms with E-state index in [0.29, 0.717) is 25.9 Å². The lowest BCUT2D eigenvalue weighted by Gasteiger charge is -2.31. The summed E-state index contributed by atoms with van der Waals surface area (Å²) in [5, 5.41) is 1.91. The summed E-state index contributed by atoms with van der Waals surface area (Å²) in [6.45, 7) is 1.55. The summed E-state index contributed by atoms with van der Waals surface area (Å²) < 4.78 is 28.0. The molecule has 1 heterocycles. The van der Waals surface area contributed by atoms with Gasteiger partial charge in [0, 0.05) is 19.1 Å². The minimum Gasteiger partial charge on any atom is -0.369 e. The second-order valence-corrected chi connectivity index (χ2v) is 7.86. The Morgan fingerprint density at radius 3 is 2.46 bits per heavy atom.